The summed E-state index contributed by atoms with van der Waals surface area (Å²) < 4.78 is 5.18. The topological polar surface area (TPSA) is 87.5 Å². The first-order chi connectivity index (χ1) is 12.1. The third kappa shape index (κ3) is 3.71. The minimum Gasteiger partial charge on any atom is -0.461 e. The number of carbonyl (C=O) groups excluding carboxylic acids is 3. The summed E-state index contributed by atoms with van der Waals surface area (Å²) in [6, 6.07) is 8.79. The molecule has 0 unspecified atom stereocenters. The molecule has 1 aliphatic heterocycles. The van der Waals surface area contributed by atoms with Crippen LogP contribution in [-0.4, -0.2) is 29.2 Å². The maximum Gasteiger partial charge on any atom is 0.307 e. The highest BCUT2D eigenvalue weighted by atomic mass is 16.5. The van der Waals surface area contributed by atoms with E-state index in [1.807, 2.05) is 6.07 Å². The number of hydrogen-bond donors (Lipinski definition) is 0. The summed E-state index contributed by atoms with van der Waals surface area (Å²) in [5, 5.41) is 8.75. The van der Waals surface area contributed by atoms with E-state index in [2.05, 4.69) is 0 Å². The fraction of sp³-hybridized carbons (Fsp3) is 0.474. The van der Waals surface area contributed by atoms with Crippen LogP contribution in [0.3, 0.4) is 0 Å². The number of benzene rings is 1. The fourth-order valence-corrected chi connectivity index (χ4v) is 3.57. The fourth-order valence-electron chi connectivity index (χ4n) is 3.57. The summed E-state index contributed by atoms with van der Waals surface area (Å²) in [6.45, 7) is 0.203. The standard InChI is InChI=1S/C19H20N2O4/c20-11-13-5-7-14(8-6-13)12-25-17(22)9-10-21-18(23)15-3-1-2-4-16(15)19(21)24/h5-8,15-16H,1-4,9-10,12H2/t15-,16+. The lowest BCUT2D eigenvalue weighted by atomic mass is 9.81. The molecule has 6 nitrogen and oxygen atoms in total. The molecular formula is C19H20N2O4. The number of esters is 1. The van der Waals surface area contributed by atoms with Crippen molar-refractivity contribution in [3.05, 3.63) is 35.4 Å². The SMILES string of the molecule is N#Cc1ccc(COC(=O)CCN2C(=O)[C@H]3CCCC[C@H]3C2=O)cc1. The maximum atomic E-state index is 12.3. The quantitative estimate of drug-likeness (QED) is 0.605. The number of fused-ring (bicyclic) bond motifs is 1. The second kappa shape index (κ2) is 7.47. The van der Waals surface area contributed by atoms with Crippen molar-refractivity contribution in [2.24, 2.45) is 11.8 Å². The van der Waals surface area contributed by atoms with Crippen LogP contribution in [0.5, 0.6) is 0 Å². The van der Waals surface area contributed by atoms with Gasteiger partial charge in [-0.25, -0.2) is 0 Å². The molecule has 2 amide bonds. The number of carbonyl (C=O) groups is 3. The second-order valence-corrected chi connectivity index (χ2v) is 6.54. The van der Waals surface area contributed by atoms with Gasteiger partial charge < -0.3 is 4.74 Å². The molecule has 6 heteroatoms. The Hall–Kier alpha value is -2.68. The summed E-state index contributed by atoms with van der Waals surface area (Å²) in [5.41, 5.74) is 1.33. The van der Waals surface area contributed by atoms with Gasteiger partial charge in [-0.3, -0.25) is 19.3 Å². The predicted octanol–water partition coefficient (Wildman–Crippen LogP) is 2.17. The predicted molar refractivity (Wildman–Crippen MR) is 87.7 cm³/mol. The summed E-state index contributed by atoms with van der Waals surface area (Å²) in [6.07, 6.45) is 3.53. The number of nitriles is 1. The molecular weight excluding hydrogens is 320 g/mol. The molecule has 1 aromatic carbocycles. The van der Waals surface area contributed by atoms with Crippen molar-refractivity contribution < 1.29 is 19.1 Å². The molecule has 0 N–H and O–H groups in total. The number of ether oxygens (including phenoxy) is 1. The second-order valence-electron chi connectivity index (χ2n) is 6.54. The van der Waals surface area contributed by atoms with Crippen LogP contribution in [0, 0.1) is 23.2 Å². The van der Waals surface area contributed by atoms with Crippen molar-refractivity contribution >= 4 is 17.8 Å². The number of hydrogen-bond acceptors (Lipinski definition) is 5. The molecule has 2 atom stereocenters. The molecule has 130 valence electrons. The summed E-state index contributed by atoms with van der Waals surface area (Å²) in [7, 11) is 0. The zero-order valence-electron chi connectivity index (χ0n) is 13.9. The molecule has 0 spiro atoms. The first-order valence-corrected chi connectivity index (χ1v) is 8.60. The number of amides is 2. The van der Waals surface area contributed by atoms with E-state index in [9.17, 15) is 14.4 Å². The van der Waals surface area contributed by atoms with Crippen LogP contribution in [0.25, 0.3) is 0 Å². The Morgan fingerprint density at radius 1 is 1.12 bits per heavy atom. The molecule has 0 radical (unpaired) electrons. The first-order valence-electron chi connectivity index (χ1n) is 8.60. The van der Waals surface area contributed by atoms with Gasteiger partial charge in [0, 0.05) is 6.54 Å². The Bertz CT molecular complexity index is 696. The van der Waals surface area contributed by atoms with Crippen LogP contribution in [-0.2, 0) is 25.7 Å². The van der Waals surface area contributed by atoms with E-state index in [1.54, 1.807) is 24.3 Å². The van der Waals surface area contributed by atoms with Gasteiger partial charge in [0.15, 0.2) is 0 Å². The van der Waals surface area contributed by atoms with E-state index < -0.39 is 5.97 Å². The van der Waals surface area contributed by atoms with Gasteiger partial charge in [0.25, 0.3) is 0 Å². The van der Waals surface area contributed by atoms with E-state index in [0.29, 0.717) is 5.56 Å². The summed E-state index contributed by atoms with van der Waals surface area (Å²) >= 11 is 0. The molecule has 1 aliphatic carbocycles. The molecule has 0 aromatic heterocycles. The number of likely N-dealkylation sites (tertiary alicyclic amines) is 1. The molecule has 1 aromatic rings. The van der Waals surface area contributed by atoms with Gasteiger partial charge in [0.2, 0.25) is 11.8 Å². The average Bonchev–Trinajstić information content (AvgIpc) is 2.89. The Kier molecular flexibility index (Phi) is 5.13. The number of rotatable bonds is 5. The zero-order valence-corrected chi connectivity index (χ0v) is 13.9. The van der Waals surface area contributed by atoms with Gasteiger partial charge in [0.05, 0.1) is 29.9 Å². The van der Waals surface area contributed by atoms with E-state index in [-0.39, 0.29) is 43.2 Å². The van der Waals surface area contributed by atoms with Crippen LogP contribution in [0.15, 0.2) is 24.3 Å². The van der Waals surface area contributed by atoms with E-state index in [0.717, 1.165) is 31.2 Å². The number of imide groups is 1. The lowest BCUT2D eigenvalue weighted by Crippen LogP contribution is -2.33. The van der Waals surface area contributed by atoms with Gasteiger partial charge in [0.1, 0.15) is 6.61 Å². The third-order valence-electron chi connectivity index (χ3n) is 4.95. The Labute approximate surface area is 146 Å². The summed E-state index contributed by atoms with van der Waals surface area (Å²) in [5.74, 6) is -1.07. The maximum absolute atomic E-state index is 12.3. The van der Waals surface area contributed by atoms with Crippen molar-refractivity contribution in [3.8, 4) is 6.07 Å². The highest BCUT2D eigenvalue weighted by molar-refractivity contribution is 6.05. The van der Waals surface area contributed by atoms with Crippen LogP contribution < -0.4 is 0 Å². The highest BCUT2D eigenvalue weighted by Crippen LogP contribution is 2.37. The van der Waals surface area contributed by atoms with Gasteiger partial charge >= 0.3 is 5.97 Å². The van der Waals surface area contributed by atoms with Crippen LogP contribution in [0.2, 0.25) is 0 Å². The summed E-state index contributed by atoms with van der Waals surface area (Å²) in [4.78, 5) is 37.8. The molecule has 1 heterocycles. The average molecular weight is 340 g/mol. The molecule has 2 fully saturated rings. The minimum atomic E-state index is -0.445. The van der Waals surface area contributed by atoms with Crippen LogP contribution in [0.1, 0.15) is 43.2 Å². The van der Waals surface area contributed by atoms with Crippen molar-refractivity contribution in [1.82, 2.24) is 4.90 Å². The van der Waals surface area contributed by atoms with Gasteiger partial charge in [-0.2, -0.15) is 5.26 Å². The third-order valence-corrected chi connectivity index (χ3v) is 4.95. The highest BCUT2D eigenvalue weighted by Gasteiger charge is 2.47. The lowest BCUT2D eigenvalue weighted by molar-refractivity contribution is -0.146. The molecule has 1 saturated heterocycles. The van der Waals surface area contributed by atoms with Crippen molar-refractivity contribution in [2.45, 2.75) is 38.7 Å². The van der Waals surface area contributed by atoms with E-state index in [4.69, 9.17) is 10.00 Å². The van der Waals surface area contributed by atoms with Crippen molar-refractivity contribution in [2.75, 3.05) is 6.54 Å². The molecule has 2 aliphatic rings. The molecule has 25 heavy (non-hydrogen) atoms. The molecule has 0 bridgehead atoms. The smallest absolute Gasteiger partial charge is 0.307 e. The van der Waals surface area contributed by atoms with E-state index in [1.165, 1.54) is 4.90 Å². The lowest BCUT2D eigenvalue weighted by Gasteiger charge is -2.19. The normalized spacial score (nSPS) is 22.4. The van der Waals surface area contributed by atoms with Crippen LogP contribution in [0.4, 0.5) is 0 Å². The minimum absolute atomic E-state index is 0.00714. The Balaban J connectivity index is 1.48. The van der Waals surface area contributed by atoms with Gasteiger partial charge in [-0.05, 0) is 30.5 Å². The Morgan fingerprint density at radius 2 is 1.72 bits per heavy atom. The van der Waals surface area contributed by atoms with Gasteiger partial charge in [-0.1, -0.05) is 25.0 Å². The zero-order chi connectivity index (χ0) is 17.8. The first kappa shape index (κ1) is 17.2. The largest absolute Gasteiger partial charge is 0.461 e. The van der Waals surface area contributed by atoms with E-state index >= 15 is 0 Å². The number of nitrogens with zero attached hydrogens (tertiary/aromatic N) is 2. The molecule has 3 rings (SSSR count). The monoisotopic (exact) mass is 340 g/mol. The van der Waals surface area contributed by atoms with Crippen molar-refractivity contribution in [1.29, 1.82) is 5.26 Å². The van der Waals surface area contributed by atoms with Crippen molar-refractivity contribution in [3.63, 3.8) is 0 Å². The molecule has 1 saturated carbocycles. The van der Waals surface area contributed by atoms with Gasteiger partial charge in [-0.15, -0.1) is 0 Å². The van der Waals surface area contributed by atoms with Crippen LogP contribution >= 0.6 is 0 Å². The Morgan fingerprint density at radius 3 is 2.28 bits per heavy atom.